The highest BCUT2D eigenvalue weighted by molar-refractivity contribution is 5.39. The van der Waals surface area contributed by atoms with Crippen LogP contribution in [0.5, 0.6) is 5.75 Å². The Bertz CT molecular complexity index is 354. The molecule has 18 heavy (non-hydrogen) atoms. The zero-order chi connectivity index (χ0) is 13.5. The first-order chi connectivity index (χ1) is 8.58. The first-order valence-electron chi connectivity index (χ1n) is 7.00. The highest BCUT2D eigenvalue weighted by atomic mass is 16.5. The first-order valence-corrected chi connectivity index (χ1v) is 7.00. The quantitative estimate of drug-likeness (QED) is 0.791. The molecule has 1 unspecified atom stereocenters. The van der Waals surface area contributed by atoms with Crippen molar-refractivity contribution >= 4 is 0 Å². The van der Waals surface area contributed by atoms with Crippen LogP contribution in [0.4, 0.5) is 0 Å². The fourth-order valence-electron chi connectivity index (χ4n) is 2.15. The number of rotatable bonds is 7. The molecule has 0 saturated heterocycles. The van der Waals surface area contributed by atoms with Crippen molar-refractivity contribution in [1.29, 1.82) is 0 Å². The second-order valence-electron chi connectivity index (χ2n) is 5.28. The molecule has 1 aromatic carbocycles. The van der Waals surface area contributed by atoms with E-state index in [-0.39, 0.29) is 6.10 Å². The van der Waals surface area contributed by atoms with Crippen molar-refractivity contribution < 1.29 is 4.74 Å². The lowest BCUT2D eigenvalue weighted by molar-refractivity contribution is 0.187. The summed E-state index contributed by atoms with van der Waals surface area (Å²) >= 11 is 0. The van der Waals surface area contributed by atoms with Crippen LogP contribution in [0.1, 0.15) is 50.7 Å². The number of nitrogens with one attached hydrogen (secondary N) is 1. The molecule has 1 aromatic rings. The van der Waals surface area contributed by atoms with Crippen LogP contribution in [0.3, 0.4) is 0 Å². The van der Waals surface area contributed by atoms with Crippen LogP contribution < -0.4 is 10.1 Å². The number of benzene rings is 1. The van der Waals surface area contributed by atoms with Gasteiger partial charge in [0.1, 0.15) is 11.9 Å². The van der Waals surface area contributed by atoms with E-state index in [1.807, 2.05) is 7.05 Å². The summed E-state index contributed by atoms with van der Waals surface area (Å²) in [7, 11) is 1.98. The molecule has 0 spiro atoms. The molecule has 0 saturated carbocycles. The van der Waals surface area contributed by atoms with Gasteiger partial charge in [-0.25, -0.2) is 0 Å². The zero-order valence-corrected chi connectivity index (χ0v) is 12.4. The van der Waals surface area contributed by atoms with Crippen LogP contribution in [-0.2, 0) is 0 Å². The highest BCUT2D eigenvalue weighted by Gasteiger charge is 2.13. The maximum atomic E-state index is 6.21. The molecule has 0 amide bonds. The van der Waals surface area contributed by atoms with Gasteiger partial charge in [0.25, 0.3) is 0 Å². The summed E-state index contributed by atoms with van der Waals surface area (Å²) in [5, 5.41) is 3.21. The largest absolute Gasteiger partial charge is 0.489 e. The third-order valence-corrected chi connectivity index (χ3v) is 3.13. The van der Waals surface area contributed by atoms with Gasteiger partial charge < -0.3 is 10.1 Å². The summed E-state index contributed by atoms with van der Waals surface area (Å²) in [4.78, 5) is 0. The molecule has 0 radical (unpaired) electrons. The van der Waals surface area contributed by atoms with Crippen LogP contribution >= 0.6 is 0 Å². The highest BCUT2D eigenvalue weighted by Crippen LogP contribution is 2.28. The van der Waals surface area contributed by atoms with Crippen molar-refractivity contribution in [3.63, 3.8) is 0 Å². The molecule has 2 nitrogen and oxygen atoms in total. The molecule has 0 aromatic heterocycles. The molecular formula is C16H27NO. The maximum Gasteiger partial charge on any atom is 0.123 e. The average molecular weight is 249 g/mol. The predicted molar refractivity (Wildman–Crippen MR) is 78.5 cm³/mol. The number of aryl methyl sites for hydroxylation is 1. The van der Waals surface area contributed by atoms with E-state index < -0.39 is 0 Å². The van der Waals surface area contributed by atoms with Crippen LogP contribution in [0.2, 0.25) is 0 Å². The molecule has 0 heterocycles. The molecule has 1 rings (SSSR count). The van der Waals surface area contributed by atoms with Gasteiger partial charge in [0.2, 0.25) is 0 Å². The number of hydrogen-bond acceptors (Lipinski definition) is 2. The van der Waals surface area contributed by atoms with E-state index in [4.69, 9.17) is 4.74 Å². The number of hydrogen-bond donors (Lipinski definition) is 1. The first kappa shape index (κ1) is 15.0. The van der Waals surface area contributed by atoms with Gasteiger partial charge in [-0.1, -0.05) is 39.3 Å². The number of likely N-dealkylation sites (N-methyl/N-ethyl adjacent to an activating group) is 1. The Kier molecular flexibility index (Phi) is 6.20. The van der Waals surface area contributed by atoms with Crippen molar-refractivity contribution in [3.8, 4) is 5.75 Å². The Morgan fingerprint density at radius 3 is 2.56 bits per heavy atom. The van der Waals surface area contributed by atoms with Crippen molar-refractivity contribution in [2.45, 2.75) is 52.6 Å². The molecule has 2 heteroatoms. The van der Waals surface area contributed by atoms with Crippen LogP contribution in [0.15, 0.2) is 18.2 Å². The predicted octanol–water partition coefficient (Wildman–Crippen LogP) is 3.89. The van der Waals surface area contributed by atoms with Gasteiger partial charge in [-0.2, -0.15) is 0 Å². The molecule has 0 bridgehead atoms. The van der Waals surface area contributed by atoms with Crippen molar-refractivity contribution in [3.05, 3.63) is 29.3 Å². The number of ether oxygens (including phenoxy) is 1. The van der Waals surface area contributed by atoms with E-state index in [0.29, 0.717) is 5.92 Å². The van der Waals surface area contributed by atoms with Crippen molar-refractivity contribution in [2.75, 3.05) is 13.6 Å². The lowest BCUT2D eigenvalue weighted by Crippen LogP contribution is -2.29. The third kappa shape index (κ3) is 4.34. The Morgan fingerprint density at radius 1 is 1.28 bits per heavy atom. The smallest absolute Gasteiger partial charge is 0.123 e. The summed E-state index contributed by atoms with van der Waals surface area (Å²) in [5.74, 6) is 1.55. The van der Waals surface area contributed by atoms with E-state index in [9.17, 15) is 0 Å². The van der Waals surface area contributed by atoms with Gasteiger partial charge in [-0.15, -0.1) is 0 Å². The van der Waals surface area contributed by atoms with E-state index in [1.54, 1.807) is 0 Å². The summed E-state index contributed by atoms with van der Waals surface area (Å²) in [6.45, 7) is 9.64. The van der Waals surface area contributed by atoms with Gasteiger partial charge in [0, 0.05) is 6.54 Å². The fourth-order valence-corrected chi connectivity index (χ4v) is 2.15. The molecule has 1 atom stereocenters. The van der Waals surface area contributed by atoms with E-state index in [1.165, 1.54) is 11.1 Å². The molecule has 0 aliphatic rings. The summed E-state index contributed by atoms with van der Waals surface area (Å²) in [6.07, 6.45) is 2.50. The van der Waals surface area contributed by atoms with E-state index in [2.05, 4.69) is 51.2 Å². The van der Waals surface area contributed by atoms with Gasteiger partial charge in [-0.3, -0.25) is 0 Å². The monoisotopic (exact) mass is 249 g/mol. The van der Waals surface area contributed by atoms with Crippen molar-refractivity contribution in [1.82, 2.24) is 5.32 Å². The minimum absolute atomic E-state index is 0.263. The fraction of sp³-hybridized carbons (Fsp3) is 0.625. The van der Waals surface area contributed by atoms with Crippen LogP contribution in [-0.4, -0.2) is 19.7 Å². The molecule has 0 fully saturated rings. The Morgan fingerprint density at radius 2 is 2.00 bits per heavy atom. The van der Waals surface area contributed by atoms with Gasteiger partial charge in [0.05, 0.1) is 0 Å². The van der Waals surface area contributed by atoms with Gasteiger partial charge in [-0.05, 0) is 43.5 Å². The summed E-state index contributed by atoms with van der Waals surface area (Å²) in [6, 6.07) is 6.51. The van der Waals surface area contributed by atoms with Crippen LogP contribution in [0, 0.1) is 6.92 Å². The van der Waals surface area contributed by atoms with Crippen LogP contribution in [0.25, 0.3) is 0 Å². The molecule has 1 N–H and O–H groups in total. The molecule has 0 aliphatic carbocycles. The Hall–Kier alpha value is -1.02. The zero-order valence-electron chi connectivity index (χ0n) is 12.4. The Balaban J connectivity index is 2.88. The summed E-state index contributed by atoms with van der Waals surface area (Å²) in [5.41, 5.74) is 2.56. The normalized spacial score (nSPS) is 12.8. The molecule has 0 aliphatic heterocycles. The lowest BCUT2D eigenvalue weighted by Gasteiger charge is -2.22. The Labute approximate surface area is 112 Å². The average Bonchev–Trinajstić information content (AvgIpc) is 2.29. The lowest BCUT2D eigenvalue weighted by atomic mass is 10.0. The van der Waals surface area contributed by atoms with Crippen molar-refractivity contribution in [2.24, 2.45) is 0 Å². The molecular weight excluding hydrogens is 222 g/mol. The topological polar surface area (TPSA) is 21.3 Å². The maximum absolute atomic E-state index is 6.21. The third-order valence-electron chi connectivity index (χ3n) is 3.13. The molecule has 102 valence electrons. The standard InChI is InChI=1S/C16H27NO/c1-6-7-14(11-17-5)18-16-10-13(4)8-9-15(16)12(2)3/h8-10,12,14,17H,6-7,11H2,1-5H3. The second kappa shape index (κ2) is 7.42. The van der Waals surface area contributed by atoms with E-state index >= 15 is 0 Å². The van der Waals surface area contributed by atoms with Gasteiger partial charge in [0.15, 0.2) is 0 Å². The van der Waals surface area contributed by atoms with E-state index in [0.717, 1.165) is 25.1 Å². The summed E-state index contributed by atoms with van der Waals surface area (Å²) < 4.78 is 6.21. The SMILES string of the molecule is CCCC(CNC)Oc1cc(C)ccc1C(C)C. The second-order valence-corrected chi connectivity index (χ2v) is 5.28. The minimum atomic E-state index is 0.263. The van der Waals surface area contributed by atoms with Gasteiger partial charge >= 0.3 is 0 Å². The minimum Gasteiger partial charge on any atom is -0.489 e.